The fourth-order valence-electron chi connectivity index (χ4n) is 2.58. The molecule has 0 saturated heterocycles. The smallest absolute Gasteiger partial charge is 0.270 e. The molecule has 0 saturated carbocycles. The summed E-state index contributed by atoms with van der Waals surface area (Å²) >= 11 is 0. The van der Waals surface area contributed by atoms with E-state index >= 15 is 0 Å². The molecule has 1 aromatic carbocycles. The number of rotatable bonds is 7. The van der Waals surface area contributed by atoms with Crippen LogP contribution in [0.2, 0.25) is 0 Å². The molecule has 1 aromatic heterocycles. The first-order valence-electron chi connectivity index (χ1n) is 8.71. The summed E-state index contributed by atoms with van der Waals surface area (Å²) in [6.07, 6.45) is 1.59. The molecule has 1 heterocycles. The first kappa shape index (κ1) is 18.7. The van der Waals surface area contributed by atoms with Gasteiger partial charge in [0.2, 0.25) is 5.95 Å². The van der Waals surface area contributed by atoms with E-state index < -0.39 is 0 Å². The lowest BCUT2D eigenvalue weighted by Crippen LogP contribution is -2.30. The number of aromatic nitrogens is 2. The van der Waals surface area contributed by atoms with Crippen molar-refractivity contribution >= 4 is 23.2 Å². The lowest BCUT2D eigenvalue weighted by atomic mass is 10.1. The van der Waals surface area contributed by atoms with Crippen molar-refractivity contribution in [3.05, 3.63) is 41.7 Å². The van der Waals surface area contributed by atoms with Gasteiger partial charge in [-0.15, -0.1) is 0 Å². The third-order valence-electron chi connectivity index (χ3n) is 3.89. The summed E-state index contributed by atoms with van der Waals surface area (Å²) in [6.45, 7) is 12.1. The van der Waals surface area contributed by atoms with E-state index in [4.69, 9.17) is 0 Å². The number of aryl methyl sites for hydroxylation is 1. The van der Waals surface area contributed by atoms with E-state index in [1.165, 1.54) is 5.69 Å². The average Bonchev–Trinajstić information content (AvgIpc) is 2.58. The molecule has 0 bridgehead atoms. The van der Waals surface area contributed by atoms with Gasteiger partial charge in [-0.05, 0) is 64.4 Å². The molecule has 2 aromatic rings. The molecular formula is C19H27N5O. The standard InChI is InChI=1S/C19H27N5O/c1-6-24(7-2)15-8-9-16(14(5)12-15)22-19-20-11-10-17(23-19)18(25)21-13(3)4/h8-13H,6-7H2,1-5H3,(H,21,25)(H,20,22,23). The highest BCUT2D eigenvalue weighted by molar-refractivity contribution is 5.92. The highest BCUT2D eigenvalue weighted by Crippen LogP contribution is 2.24. The Morgan fingerprint density at radius 3 is 2.52 bits per heavy atom. The van der Waals surface area contributed by atoms with Gasteiger partial charge >= 0.3 is 0 Å². The number of nitrogens with one attached hydrogen (secondary N) is 2. The Labute approximate surface area is 149 Å². The van der Waals surface area contributed by atoms with Crippen molar-refractivity contribution in [1.29, 1.82) is 0 Å². The van der Waals surface area contributed by atoms with Crippen LogP contribution in [0.15, 0.2) is 30.5 Å². The van der Waals surface area contributed by atoms with Crippen LogP contribution < -0.4 is 15.5 Å². The van der Waals surface area contributed by atoms with Crippen LogP contribution in [-0.2, 0) is 0 Å². The summed E-state index contributed by atoms with van der Waals surface area (Å²) in [6, 6.07) is 7.92. The molecule has 0 radical (unpaired) electrons. The van der Waals surface area contributed by atoms with Crippen molar-refractivity contribution in [2.45, 2.75) is 40.7 Å². The van der Waals surface area contributed by atoms with Crippen LogP contribution in [0.4, 0.5) is 17.3 Å². The molecule has 6 nitrogen and oxygen atoms in total. The van der Waals surface area contributed by atoms with Crippen LogP contribution in [0.25, 0.3) is 0 Å². The van der Waals surface area contributed by atoms with E-state index in [1.807, 2.05) is 26.8 Å². The first-order chi connectivity index (χ1) is 11.9. The number of amides is 1. The molecule has 0 aliphatic rings. The quantitative estimate of drug-likeness (QED) is 0.806. The Kier molecular flexibility index (Phi) is 6.33. The van der Waals surface area contributed by atoms with Crippen LogP contribution in [0.3, 0.4) is 0 Å². The number of hydrogen-bond acceptors (Lipinski definition) is 5. The average molecular weight is 341 g/mol. The molecule has 134 valence electrons. The van der Waals surface area contributed by atoms with Gasteiger partial charge < -0.3 is 15.5 Å². The van der Waals surface area contributed by atoms with Gasteiger partial charge in [0.05, 0.1) is 0 Å². The number of hydrogen-bond donors (Lipinski definition) is 2. The molecule has 0 atom stereocenters. The van der Waals surface area contributed by atoms with Gasteiger partial charge in [0.25, 0.3) is 5.91 Å². The topological polar surface area (TPSA) is 70.2 Å². The first-order valence-corrected chi connectivity index (χ1v) is 8.71. The maximum Gasteiger partial charge on any atom is 0.270 e. The van der Waals surface area contributed by atoms with Gasteiger partial charge in [-0.2, -0.15) is 0 Å². The minimum Gasteiger partial charge on any atom is -0.372 e. The van der Waals surface area contributed by atoms with Gasteiger partial charge in [0.15, 0.2) is 0 Å². The minimum atomic E-state index is -0.200. The lowest BCUT2D eigenvalue weighted by Gasteiger charge is -2.22. The molecule has 6 heteroatoms. The number of nitrogens with zero attached hydrogens (tertiary/aromatic N) is 3. The summed E-state index contributed by atoms with van der Waals surface area (Å²) in [5, 5.41) is 6.03. The lowest BCUT2D eigenvalue weighted by molar-refractivity contribution is 0.0938. The summed E-state index contributed by atoms with van der Waals surface area (Å²) in [5.74, 6) is 0.212. The zero-order valence-corrected chi connectivity index (χ0v) is 15.6. The molecule has 0 unspecified atom stereocenters. The van der Waals surface area contributed by atoms with Crippen molar-refractivity contribution < 1.29 is 4.79 Å². The Hall–Kier alpha value is -2.63. The van der Waals surface area contributed by atoms with Crippen LogP contribution in [0.5, 0.6) is 0 Å². The molecule has 0 fully saturated rings. The minimum absolute atomic E-state index is 0.0636. The van der Waals surface area contributed by atoms with Crippen LogP contribution in [0, 0.1) is 6.92 Å². The second-order valence-electron chi connectivity index (χ2n) is 6.19. The van der Waals surface area contributed by atoms with Crippen LogP contribution in [-0.4, -0.2) is 35.0 Å². The Bertz CT molecular complexity index is 726. The van der Waals surface area contributed by atoms with Crippen LogP contribution in [0.1, 0.15) is 43.7 Å². The van der Waals surface area contributed by atoms with Crippen molar-refractivity contribution in [3.63, 3.8) is 0 Å². The summed E-state index contributed by atoms with van der Waals surface area (Å²) in [7, 11) is 0. The summed E-state index contributed by atoms with van der Waals surface area (Å²) in [5.41, 5.74) is 3.57. The maximum absolute atomic E-state index is 12.1. The summed E-state index contributed by atoms with van der Waals surface area (Å²) < 4.78 is 0. The van der Waals surface area contributed by atoms with E-state index in [2.05, 4.69) is 51.5 Å². The number of carbonyl (C=O) groups excluding carboxylic acids is 1. The molecular weight excluding hydrogens is 314 g/mol. The zero-order valence-electron chi connectivity index (χ0n) is 15.6. The predicted molar refractivity (Wildman–Crippen MR) is 103 cm³/mol. The third-order valence-corrected chi connectivity index (χ3v) is 3.89. The second-order valence-corrected chi connectivity index (χ2v) is 6.19. The molecule has 1 amide bonds. The van der Waals surface area contributed by atoms with Crippen molar-refractivity contribution in [2.75, 3.05) is 23.3 Å². The largest absolute Gasteiger partial charge is 0.372 e. The number of carbonyl (C=O) groups is 1. The molecule has 0 aliphatic carbocycles. The van der Waals surface area contributed by atoms with Crippen molar-refractivity contribution in [3.8, 4) is 0 Å². The number of anilines is 3. The van der Waals surface area contributed by atoms with Gasteiger partial charge in [-0.1, -0.05) is 0 Å². The van der Waals surface area contributed by atoms with Crippen LogP contribution >= 0.6 is 0 Å². The normalized spacial score (nSPS) is 10.6. The predicted octanol–water partition coefficient (Wildman–Crippen LogP) is 3.51. The SMILES string of the molecule is CCN(CC)c1ccc(Nc2nccc(C(=O)NC(C)C)n2)c(C)c1. The highest BCUT2D eigenvalue weighted by Gasteiger charge is 2.11. The molecule has 0 spiro atoms. The summed E-state index contributed by atoms with van der Waals surface area (Å²) in [4.78, 5) is 22.9. The van der Waals surface area contributed by atoms with E-state index in [9.17, 15) is 4.79 Å². The Morgan fingerprint density at radius 2 is 1.92 bits per heavy atom. The molecule has 2 rings (SSSR count). The molecule has 2 N–H and O–H groups in total. The highest BCUT2D eigenvalue weighted by atomic mass is 16.1. The monoisotopic (exact) mass is 341 g/mol. The van der Waals surface area contributed by atoms with E-state index in [1.54, 1.807) is 12.3 Å². The van der Waals surface area contributed by atoms with Gasteiger partial charge in [0, 0.05) is 36.7 Å². The Balaban J connectivity index is 2.18. The van der Waals surface area contributed by atoms with E-state index in [-0.39, 0.29) is 11.9 Å². The molecule has 25 heavy (non-hydrogen) atoms. The van der Waals surface area contributed by atoms with Gasteiger partial charge in [-0.25, -0.2) is 9.97 Å². The van der Waals surface area contributed by atoms with Crippen molar-refractivity contribution in [2.24, 2.45) is 0 Å². The van der Waals surface area contributed by atoms with Gasteiger partial charge in [0.1, 0.15) is 5.69 Å². The maximum atomic E-state index is 12.1. The van der Waals surface area contributed by atoms with Crippen molar-refractivity contribution in [1.82, 2.24) is 15.3 Å². The Morgan fingerprint density at radius 1 is 1.20 bits per heavy atom. The third kappa shape index (κ3) is 4.92. The molecule has 0 aliphatic heterocycles. The zero-order chi connectivity index (χ0) is 18.4. The fourth-order valence-corrected chi connectivity index (χ4v) is 2.58. The van der Waals surface area contributed by atoms with E-state index in [0.29, 0.717) is 11.6 Å². The second kappa shape index (κ2) is 8.46. The van der Waals surface area contributed by atoms with E-state index in [0.717, 1.165) is 24.3 Å². The number of benzene rings is 1. The fraction of sp³-hybridized carbons (Fsp3) is 0.421. The van der Waals surface area contributed by atoms with Gasteiger partial charge in [-0.3, -0.25) is 4.79 Å².